The molecule has 180 valence electrons. The van der Waals surface area contributed by atoms with E-state index in [1.165, 1.54) is 17.3 Å². The summed E-state index contributed by atoms with van der Waals surface area (Å²) in [6.45, 7) is 8.08. The number of methoxy groups -OCH3 is 1. The van der Waals surface area contributed by atoms with Crippen LogP contribution in [0.4, 0.5) is 5.69 Å². The Bertz CT molecular complexity index is 1350. The second kappa shape index (κ2) is 10.3. The zero-order chi connectivity index (χ0) is 25.1. The number of aliphatic imine (C=N–C) groups is 1. The number of ether oxygens (including phenoxy) is 2. The molecule has 1 aromatic heterocycles. The highest BCUT2D eigenvalue weighted by atomic mass is 32.2. The van der Waals surface area contributed by atoms with E-state index in [0.717, 1.165) is 22.6 Å². The zero-order valence-electron chi connectivity index (χ0n) is 20.5. The van der Waals surface area contributed by atoms with Gasteiger partial charge in [0.15, 0.2) is 0 Å². The molecule has 6 nitrogen and oxygen atoms in total. The van der Waals surface area contributed by atoms with Gasteiger partial charge in [0.05, 0.1) is 24.3 Å². The fourth-order valence-corrected chi connectivity index (χ4v) is 4.96. The Morgan fingerprint density at radius 1 is 1.09 bits per heavy atom. The van der Waals surface area contributed by atoms with Gasteiger partial charge in [-0.2, -0.15) is 0 Å². The van der Waals surface area contributed by atoms with Crippen LogP contribution < -0.4 is 4.74 Å². The standard InChI is InChI=1S/C28H28N2O4S/c1-6-34-28(32)25-26(31)24(35-27(25)29-21-9-13-23(33-5)14-10-21)16-20-15-18(3)30(19(20)4)22-11-7-17(2)8-12-22/h7-16,31H,6H2,1-5H3/b24-16+,29-27?. The van der Waals surface area contributed by atoms with E-state index < -0.39 is 5.97 Å². The topological polar surface area (TPSA) is 73.0 Å². The molecule has 0 spiro atoms. The number of nitrogens with zero attached hydrogens (tertiary/aromatic N) is 2. The van der Waals surface area contributed by atoms with Crippen molar-refractivity contribution in [2.24, 2.45) is 4.99 Å². The number of aliphatic hydroxyl groups excluding tert-OH is 1. The van der Waals surface area contributed by atoms with Gasteiger partial charge in [0, 0.05) is 17.1 Å². The molecule has 1 aliphatic heterocycles. The van der Waals surface area contributed by atoms with E-state index in [1.807, 2.05) is 19.9 Å². The number of esters is 1. The summed E-state index contributed by atoms with van der Waals surface area (Å²) in [7, 11) is 1.60. The quantitative estimate of drug-likeness (QED) is 0.396. The molecule has 0 radical (unpaired) electrons. The van der Waals surface area contributed by atoms with E-state index in [9.17, 15) is 9.90 Å². The molecule has 35 heavy (non-hydrogen) atoms. The van der Waals surface area contributed by atoms with Crippen LogP contribution in [0.2, 0.25) is 0 Å². The van der Waals surface area contributed by atoms with Crippen LogP contribution in [0.3, 0.4) is 0 Å². The first-order chi connectivity index (χ1) is 16.8. The van der Waals surface area contributed by atoms with E-state index in [4.69, 9.17) is 9.47 Å². The number of aryl methyl sites for hydroxylation is 2. The van der Waals surface area contributed by atoms with Crippen molar-refractivity contribution < 1.29 is 19.4 Å². The van der Waals surface area contributed by atoms with Gasteiger partial charge in [-0.25, -0.2) is 9.79 Å². The number of aromatic nitrogens is 1. The summed E-state index contributed by atoms with van der Waals surface area (Å²) in [4.78, 5) is 17.9. The van der Waals surface area contributed by atoms with E-state index in [1.54, 1.807) is 38.3 Å². The lowest BCUT2D eigenvalue weighted by Gasteiger charge is -2.10. The predicted molar refractivity (Wildman–Crippen MR) is 142 cm³/mol. The van der Waals surface area contributed by atoms with Gasteiger partial charge in [-0.05, 0) is 81.8 Å². The SMILES string of the molecule is CCOC(=O)C1=C(O)/C(=C\c2cc(C)n(-c3ccc(C)cc3)c2C)SC1=Nc1ccc(OC)cc1. The molecule has 0 aliphatic carbocycles. The highest BCUT2D eigenvalue weighted by molar-refractivity contribution is 8.18. The van der Waals surface area contributed by atoms with Crippen molar-refractivity contribution in [2.75, 3.05) is 13.7 Å². The molecular formula is C28H28N2O4S. The highest BCUT2D eigenvalue weighted by Crippen LogP contribution is 2.41. The third-order valence-corrected chi connectivity index (χ3v) is 6.74. The van der Waals surface area contributed by atoms with Crippen LogP contribution in [0.15, 0.2) is 75.8 Å². The smallest absolute Gasteiger partial charge is 0.344 e. The minimum absolute atomic E-state index is 0.0752. The zero-order valence-corrected chi connectivity index (χ0v) is 21.3. The number of benzene rings is 2. The van der Waals surface area contributed by atoms with Gasteiger partial charge in [-0.3, -0.25) is 0 Å². The summed E-state index contributed by atoms with van der Waals surface area (Å²) in [5, 5.41) is 11.4. The molecule has 0 unspecified atom stereocenters. The van der Waals surface area contributed by atoms with Crippen molar-refractivity contribution in [3.05, 3.63) is 93.3 Å². The summed E-state index contributed by atoms with van der Waals surface area (Å²) in [6.07, 6.45) is 1.89. The Balaban J connectivity index is 1.75. The molecule has 1 aliphatic rings. The average Bonchev–Trinajstić information content (AvgIpc) is 3.29. The number of hydrogen-bond donors (Lipinski definition) is 1. The number of thioether (sulfide) groups is 1. The second-order valence-corrected chi connectivity index (χ2v) is 9.20. The number of rotatable bonds is 6. The van der Waals surface area contributed by atoms with Gasteiger partial charge in [-0.15, -0.1) is 0 Å². The fourth-order valence-electron chi connectivity index (χ4n) is 3.93. The molecule has 3 aromatic rings. The third-order valence-electron chi connectivity index (χ3n) is 5.72. The van der Waals surface area contributed by atoms with Crippen molar-refractivity contribution in [1.29, 1.82) is 0 Å². The minimum Gasteiger partial charge on any atom is -0.506 e. The number of hydrogen-bond acceptors (Lipinski definition) is 6. The first kappa shape index (κ1) is 24.4. The van der Waals surface area contributed by atoms with E-state index in [-0.39, 0.29) is 17.9 Å². The molecule has 4 rings (SSSR count). The Morgan fingerprint density at radius 2 is 1.77 bits per heavy atom. The molecule has 0 saturated carbocycles. The van der Waals surface area contributed by atoms with Gasteiger partial charge in [-0.1, -0.05) is 29.5 Å². The number of carbonyl (C=O) groups excluding carboxylic acids is 1. The first-order valence-corrected chi connectivity index (χ1v) is 12.1. The van der Waals surface area contributed by atoms with Crippen molar-refractivity contribution >= 4 is 34.5 Å². The molecule has 1 N–H and O–H groups in total. The van der Waals surface area contributed by atoms with Crippen LogP contribution in [0.25, 0.3) is 11.8 Å². The summed E-state index contributed by atoms with van der Waals surface area (Å²) in [5.41, 5.74) is 6.04. The lowest BCUT2D eigenvalue weighted by atomic mass is 10.1. The first-order valence-electron chi connectivity index (χ1n) is 11.3. The van der Waals surface area contributed by atoms with Crippen molar-refractivity contribution in [2.45, 2.75) is 27.7 Å². The molecule has 0 atom stereocenters. The fraction of sp³-hybridized carbons (Fsp3) is 0.214. The Labute approximate surface area is 209 Å². The maximum atomic E-state index is 12.7. The maximum absolute atomic E-state index is 12.7. The molecule has 2 heterocycles. The average molecular weight is 489 g/mol. The summed E-state index contributed by atoms with van der Waals surface area (Å²) < 4.78 is 12.6. The monoisotopic (exact) mass is 488 g/mol. The Hall–Kier alpha value is -3.71. The highest BCUT2D eigenvalue weighted by Gasteiger charge is 2.33. The van der Waals surface area contributed by atoms with Crippen LogP contribution in [-0.4, -0.2) is 34.4 Å². The van der Waals surface area contributed by atoms with E-state index >= 15 is 0 Å². The van der Waals surface area contributed by atoms with Crippen LogP contribution in [0.1, 0.15) is 29.4 Å². The van der Waals surface area contributed by atoms with E-state index in [0.29, 0.717) is 21.4 Å². The molecular weight excluding hydrogens is 460 g/mol. The van der Waals surface area contributed by atoms with Crippen molar-refractivity contribution in [3.63, 3.8) is 0 Å². The van der Waals surface area contributed by atoms with E-state index in [2.05, 4.69) is 46.8 Å². The third kappa shape index (κ3) is 5.05. The molecule has 0 saturated heterocycles. The Kier molecular flexibility index (Phi) is 7.17. The van der Waals surface area contributed by atoms with Gasteiger partial charge in [0.1, 0.15) is 22.1 Å². The van der Waals surface area contributed by atoms with Crippen LogP contribution >= 0.6 is 11.8 Å². The maximum Gasteiger partial charge on any atom is 0.344 e. The normalized spacial score (nSPS) is 15.8. The largest absolute Gasteiger partial charge is 0.506 e. The Morgan fingerprint density at radius 3 is 2.40 bits per heavy atom. The lowest BCUT2D eigenvalue weighted by Crippen LogP contribution is -2.12. The molecule has 7 heteroatoms. The summed E-state index contributed by atoms with van der Waals surface area (Å²) in [5.74, 6) is -0.0133. The van der Waals surface area contributed by atoms with Crippen LogP contribution in [0, 0.1) is 20.8 Å². The predicted octanol–water partition coefficient (Wildman–Crippen LogP) is 6.60. The van der Waals surface area contributed by atoms with Crippen molar-refractivity contribution in [1.82, 2.24) is 4.57 Å². The number of carbonyl (C=O) groups is 1. The van der Waals surface area contributed by atoms with Gasteiger partial charge in [0.25, 0.3) is 0 Å². The molecule has 0 amide bonds. The van der Waals surface area contributed by atoms with Gasteiger partial charge < -0.3 is 19.1 Å². The lowest BCUT2D eigenvalue weighted by molar-refractivity contribution is -0.138. The van der Waals surface area contributed by atoms with Crippen molar-refractivity contribution in [3.8, 4) is 11.4 Å². The minimum atomic E-state index is -0.599. The summed E-state index contributed by atoms with van der Waals surface area (Å²) >= 11 is 1.25. The number of aliphatic hydroxyl groups is 1. The van der Waals surface area contributed by atoms with Gasteiger partial charge in [0.2, 0.25) is 0 Å². The van der Waals surface area contributed by atoms with Gasteiger partial charge >= 0.3 is 5.97 Å². The molecule has 0 bridgehead atoms. The van der Waals surface area contributed by atoms with Crippen LogP contribution in [-0.2, 0) is 9.53 Å². The summed E-state index contributed by atoms with van der Waals surface area (Å²) in [6, 6.07) is 17.6. The second-order valence-electron chi connectivity index (χ2n) is 8.17. The molecule has 0 fully saturated rings. The van der Waals surface area contributed by atoms with Crippen LogP contribution in [0.5, 0.6) is 5.75 Å². The molecule has 2 aromatic carbocycles.